The number of benzene rings is 1. The van der Waals surface area contributed by atoms with Gasteiger partial charge in [0.25, 0.3) is 5.91 Å². The number of carbonyl (C=O) groups is 2. The number of hydrogen-bond acceptors (Lipinski definition) is 3. The quantitative estimate of drug-likeness (QED) is 0.873. The monoisotopic (exact) mass is 310 g/mol. The van der Waals surface area contributed by atoms with Crippen LogP contribution in [-0.2, 0) is 0 Å². The number of halogens is 1. The van der Waals surface area contributed by atoms with Crippen LogP contribution in [0.3, 0.4) is 0 Å². The Labute approximate surface area is 132 Å². The van der Waals surface area contributed by atoms with Gasteiger partial charge in [0, 0.05) is 30.3 Å². The summed E-state index contributed by atoms with van der Waals surface area (Å²) in [6.07, 6.45) is 1.99. The van der Waals surface area contributed by atoms with Gasteiger partial charge in [0.05, 0.1) is 0 Å². The highest BCUT2D eigenvalue weighted by molar-refractivity contribution is 5.97. The van der Waals surface area contributed by atoms with Crippen molar-refractivity contribution in [2.45, 2.75) is 32.7 Å². The van der Waals surface area contributed by atoms with Crippen LogP contribution in [0, 0.1) is 5.92 Å². The number of rotatable bonds is 3. The Morgan fingerprint density at radius 3 is 2.33 bits per heavy atom. The zero-order chi connectivity index (χ0) is 14.7. The molecule has 0 saturated carbocycles. The van der Waals surface area contributed by atoms with Crippen molar-refractivity contribution in [3.05, 3.63) is 35.4 Å². The molecule has 2 unspecified atom stereocenters. The molecule has 21 heavy (non-hydrogen) atoms. The first-order chi connectivity index (χ1) is 9.52. The fraction of sp³-hybridized carbons (Fsp3) is 0.500. The molecule has 1 amide bonds. The average Bonchev–Trinajstić information content (AvgIpc) is 2.46. The van der Waals surface area contributed by atoms with Crippen molar-refractivity contribution in [3.8, 4) is 0 Å². The second kappa shape index (κ2) is 7.57. The number of piperidine rings is 1. The molecule has 2 N–H and O–H groups in total. The Kier molecular flexibility index (Phi) is 6.37. The molecule has 1 saturated heterocycles. The number of Topliss-reactive ketones (excluding diaryl/α,β-unsaturated/α-hetero) is 1. The van der Waals surface area contributed by atoms with Crippen LogP contribution in [0.2, 0.25) is 0 Å². The van der Waals surface area contributed by atoms with E-state index in [4.69, 9.17) is 5.73 Å². The lowest BCUT2D eigenvalue weighted by atomic mass is 9.92. The van der Waals surface area contributed by atoms with Gasteiger partial charge in [0.2, 0.25) is 0 Å². The Morgan fingerprint density at radius 2 is 1.81 bits per heavy atom. The van der Waals surface area contributed by atoms with Crippen molar-refractivity contribution >= 4 is 24.1 Å². The zero-order valence-electron chi connectivity index (χ0n) is 12.5. The molecule has 1 fully saturated rings. The van der Waals surface area contributed by atoms with Crippen LogP contribution in [-0.4, -0.2) is 35.7 Å². The highest BCUT2D eigenvalue weighted by Crippen LogP contribution is 2.23. The Hall–Kier alpha value is -1.39. The Bertz CT molecular complexity index is 502. The third kappa shape index (κ3) is 4.05. The van der Waals surface area contributed by atoms with Crippen molar-refractivity contribution in [1.29, 1.82) is 0 Å². The molecule has 116 valence electrons. The summed E-state index contributed by atoms with van der Waals surface area (Å²) in [6, 6.07) is 6.99. The summed E-state index contributed by atoms with van der Waals surface area (Å²) >= 11 is 0. The first-order valence-electron chi connectivity index (χ1n) is 7.15. The van der Waals surface area contributed by atoms with Gasteiger partial charge < -0.3 is 10.6 Å². The maximum Gasteiger partial charge on any atom is 0.254 e. The minimum atomic E-state index is 0. The summed E-state index contributed by atoms with van der Waals surface area (Å²) in [5.41, 5.74) is 7.05. The van der Waals surface area contributed by atoms with Crippen LogP contribution in [0.5, 0.6) is 0 Å². The van der Waals surface area contributed by atoms with Gasteiger partial charge in [-0.1, -0.05) is 19.1 Å². The van der Waals surface area contributed by atoms with E-state index < -0.39 is 0 Å². The maximum atomic E-state index is 12.5. The summed E-state index contributed by atoms with van der Waals surface area (Å²) in [4.78, 5) is 25.7. The van der Waals surface area contributed by atoms with Gasteiger partial charge in [-0.2, -0.15) is 0 Å². The van der Waals surface area contributed by atoms with Crippen LogP contribution < -0.4 is 5.73 Å². The third-order valence-electron chi connectivity index (χ3n) is 4.05. The van der Waals surface area contributed by atoms with Gasteiger partial charge in [0.1, 0.15) is 0 Å². The molecule has 1 aliphatic heterocycles. The molecule has 0 aromatic heterocycles. The molecule has 0 bridgehead atoms. The molecule has 1 heterocycles. The van der Waals surface area contributed by atoms with Crippen LogP contribution in [0.1, 0.15) is 47.4 Å². The molecular formula is C16H23ClN2O2. The fourth-order valence-corrected chi connectivity index (χ4v) is 2.76. The lowest BCUT2D eigenvalue weighted by Crippen LogP contribution is -2.49. The molecule has 1 aromatic carbocycles. The number of hydrogen-bond donors (Lipinski definition) is 1. The van der Waals surface area contributed by atoms with Crippen LogP contribution >= 0.6 is 12.4 Å². The van der Waals surface area contributed by atoms with Gasteiger partial charge >= 0.3 is 0 Å². The summed E-state index contributed by atoms with van der Waals surface area (Å²) in [7, 11) is 0. The van der Waals surface area contributed by atoms with Crippen LogP contribution in [0.4, 0.5) is 0 Å². The minimum Gasteiger partial charge on any atom is -0.334 e. The first kappa shape index (κ1) is 17.7. The molecular weight excluding hydrogens is 288 g/mol. The predicted octanol–water partition coefficient (Wildman–Crippen LogP) is 2.51. The van der Waals surface area contributed by atoms with Gasteiger partial charge in [-0.25, -0.2) is 0 Å². The standard InChI is InChI=1S/C16H22N2O2.ClH/c1-11-7-8-18(15(9-11)10-17)16(20)14-5-3-13(4-6-14)12(2)19;/h3-6,11,15H,7-10,17H2,1-2H3;1H. The number of nitrogens with two attached hydrogens (primary N) is 1. The number of amides is 1. The molecule has 0 radical (unpaired) electrons. The van der Waals surface area contributed by atoms with E-state index in [9.17, 15) is 9.59 Å². The predicted molar refractivity (Wildman–Crippen MR) is 86.0 cm³/mol. The topological polar surface area (TPSA) is 63.4 Å². The molecule has 1 aromatic rings. The minimum absolute atomic E-state index is 0. The van der Waals surface area contributed by atoms with Crippen molar-refractivity contribution in [2.24, 2.45) is 11.7 Å². The van der Waals surface area contributed by atoms with Gasteiger partial charge in [-0.05, 0) is 37.8 Å². The lowest BCUT2D eigenvalue weighted by molar-refractivity contribution is 0.0573. The van der Waals surface area contributed by atoms with Crippen molar-refractivity contribution < 1.29 is 9.59 Å². The fourth-order valence-electron chi connectivity index (χ4n) is 2.76. The van der Waals surface area contributed by atoms with E-state index in [1.54, 1.807) is 24.3 Å². The highest BCUT2D eigenvalue weighted by atomic mass is 35.5. The van der Waals surface area contributed by atoms with Gasteiger partial charge in [-0.15, -0.1) is 12.4 Å². The summed E-state index contributed by atoms with van der Waals surface area (Å²) in [6.45, 7) is 4.98. The normalized spacial score (nSPS) is 21.6. The third-order valence-corrected chi connectivity index (χ3v) is 4.05. The van der Waals surface area contributed by atoms with E-state index in [1.807, 2.05) is 4.90 Å². The highest BCUT2D eigenvalue weighted by Gasteiger charge is 2.29. The molecule has 5 heteroatoms. The van der Waals surface area contributed by atoms with Gasteiger partial charge in [-0.3, -0.25) is 9.59 Å². The summed E-state index contributed by atoms with van der Waals surface area (Å²) in [5, 5.41) is 0. The average molecular weight is 311 g/mol. The summed E-state index contributed by atoms with van der Waals surface area (Å²) < 4.78 is 0. The molecule has 0 aliphatic carbocycles. The Morgan fingerprint density at radius 1 is 1.24 bits per heavy atom. The second-order valence-corrected chi connectivity index (χ2v) is 5.65. The maximum absolute atomic E-state index is 12.5. The van der Waals surface area contributed by atoms with E-state index in [0.717, 1.165) is 19.4 Å². The molecule has 0 spiro atoms. The smallest absolute Gasteiger partial charge is 0.254 e. The van der Waals surface area contributed by atoms with E-state index in [-0.39, 0.29) is 30.1 Å². The van der Waals surface area contributed by atoms with Crippen LogP contribution in [0.15, 0.2) is 24.3 Å². The number of nitrogens with zero attached hydrogens (tertiary/aromatic N) is 1. The number of likely N-dealkylation sites (tertiary alicyclic amines) is 1. The largest absolute Gasteiger partial charge is 0.334 e. The molecule has 2 rings (SSSR count). The van der Waals surface area contributed by atoms with E-state index in [2.05, 4.69) is 6.92 Å². The molecule has 2 atom stereocenters. The van der Waals surface area contributed by atoms with Crippen molar-refractivity contribution in [3.63, 3.8) is 0 Å². The van der Waals surface area contributed by atoms with Crippen LogP contribution in [0.25, 0.3) is 0 Å². The zero-order valence-corrected chi connectivity index (χ0v) is 13.4. The lowest BCUT2D eigenvalue weighted by Gasteiger charge is -2.38. The van der Waals surface area contributed by atoms with E-state index >= 15 is 0 Å². The van der Waals surface area contributed by atoms with Crippen molar-refractivity contribution in [1.82, 2.24) is 4.90 Å². The molecule has 4 nitrogen and oxygen atoms in total. The SMILES string of the molecule is CC(=O)c1ccc(C(=O)N2CCC(C)CC2CN)cc1.Cl. The van der Waals surface area contributed by atoms with E-state index in [1.165, 1.54) is 6.92 Å². The number of ketones is 1. The number of carbonyl (C=O) groups excluding carboxylic acids is 2. The van der Waals surface area contributed by atoms with Crippen molar-refractivity contribution in [2.75, 3.05) is 13.1 Å². The van der Waals surface area contributed by atoms with Gasteiger partial charge in [0.15, 0.2) is 5.78 Å². The Balaban J connectivity index is 0.00000220. The first-order valence-corrected chi connectivity index (χ1v) is 7.15. The molecule has 1 aliphatic rings. The van der Waals surface area contributed by atoms with E-state index in [0.29, 0.717) is 23.6 Å². The second-order valence-electron chi connectivity index (χ2n) is 5.65. The summed E-state index contributed by atoms with van der Waals surface area (Å²) in [5.74, 6) is 0.644.